The summed E-state index contributed by atoms with van der Waals surface area (Å²) in [6.07, 6.45) is 4.39. The van der Waals surface area contributed by atoms with Crippen LogP contribution in [0.3, 0.4) is 0 Å². The number of aliphatic carboxylic acids is 1. The van der Waals surface area contributed by atoms with E-state index in [0.29, 0.717) is 12.0 Å². The third-order valence-corrected chi connectivity index (χ3v) is 4.95. The SMILES string of the molecule is CCCCCC[C@H](NC(=O)c1c2ccccc2cc2ccccc12)C(=O)O. The van der Waals surface area contributed by atoms with Gasteiger partial charge in [0.05, 0.1) is 5.56 Å². The highest BCUT2D eigenvalue weighted by molar-refractivity contribution is 6.18. The monoisotopic (exact) mass is 363 g/mol. The van der Waals surface area contributed by atoms with Crippen LogP contribution >= 0.6 is 0 Å². The number of unbranched alkanes of at least 4 members (excludes halogenated alkanes) is 3. The van der Waals surface area contributed by atoms with Crippen LogP contribution in [-0.2, 0) is 4.79 Å². The molecule has 27 heavy (non-hydrogen) atoms. The molecule has 2 N–H and O–H groups in total. The molecule has 0 unspecified atom stereocenters. The molecule has 0 saturated carbocycles. The molecule has 0 spiro atoms. The number of fused-ring (bicyclic) bond motifs is 2. The molecule has 0 heterocycles. The molecule has 0 aromatic heterocycles. The molecule has 4 heteroatoms. The number of carboxylic acids is 1. The third kappa shape index (κ3) is 4.27. The van der Waals surface area contributed by atoms with Gasteiger partial charge in [-0.05, 0) is 34.0 Å². The zero-order chi connectivity index (χ0) is 19.2. The van der Waals surface area contributed by atoms with Gasteiger partial charge in [0.15, 0.2) is 0 Å². The summed E-state index contributed by atoms with van der Waals surface area (Å²) in [5, 5.41) is 15.9. The van der Waals surface area contributed by atoms with Crippen molar-refractivity contribution < 1.29 is 14.7 Å². The average molecular weight is 363 g/mol. The van der Waals surface area contributed by atoms with Crippen LogP contribution in [0.2, 0.25) is 0 Å². The van der Waals surface area contributed by atoms with Crippen LogP contribution < -0.4 is 5.32 Å². The molecule has 4 nitrogen and oxygen atoms in total. The number of benzene rings is 3. The van der Waals surface area contributed by atoms with E-state index in [1.807, 2.05) is 48.5 Å². The van der Waals surface area contributed by atoms with Gasteiger partial charge in [-0.1, -0.05) is 81.1 Å². The standard InChI is InChI=1S/C23H25NO3/c1-2-3-4-5-14-20(23(26)27)24-22(25)21-18-12-8-6-10-16(18)15-17-11-7-9-13-19(17)21/h6-13,15,20H,2-5,14H2,1H3,(H,24,25)(H,26,27)/t20-/m0/s1. The first kappa shape index (κ1) is 18.9. The number of amides is 1. The van der Waals surface area contributed by atoms with Crippen LogP contribution in [0.1, 0.15) is 49.4 Å². The van der Waals surface area contributed by atoms with E-state index in [0.717, 1.165) is 47.2 Å². The minimum atomic E-state index is -0.982. The zero-order valence-electron chi connectivity index (χ0n) is 15.6. The fraction of sp³-hybridized carbons (Fsp3) is 0.304. The summed E-state index contributed by atoms with van der Waals surface area (Å²) in [7, 11) is 0. The molecule has 140 valence electrons. The maximum Gasteiger partial charge on any atom is 0.326 e. The van der Waals surface area contributed by atoms with E-state index in [1.165, 1.54) is 0 Å². The predicted molar refractivity (Wildman–Crippen MR) is 109 cm³/mol. The molecule has 3 aromatic rings. The summed E-state index contributed by atoms with van der Waals surface area (Å²) in [6, 6.07) is 16.6. The first-order valence-electron chi connectivity index (χ1n) is 9.56. The van der Waals surface area contributed by atoms with E-state index in [9.17, 15) is 14.7 Å². The Labute approximate surface area is 159 Å². The summed E-state index contributed by atoms with van der Waals surface area (Å²) in [4.78, 5) is 24.7. The molecular weight excluding hydrogens is 338 g/mol. The molecule has 0 bridgehead atoms. The second-order valence-electron chi connectivity index (χ2n) is 6.91. The van der Waals surface area contributed by atoms with Crippen LogP contribution in [0.15, 0.2) is 54.6 Å². The minimum absolute atomic E-state index is 0.328. The average Bonchev–Trinajstić information content (AvgIpc) is 2.68. The summed E-state index contributed by atoms with van der Waals surface area (Å²) in [5.41, 5.74) is 0.545. The van der Waals surface area contributed by atoms with Crippen molar-refractivity contribution in [1.29, 1.82) is 0 Å². The first-order chi connectivity index (χ1) is 13.1. The molecule has 0 aliphatic rings. The molecule has 0 aliphatic heterocycles. The molecule has 1 atom stereocenters. The molecule has 0 saturated heterocycles. The normalized spacial score (nSPS) is 12.2. The van der Waals surface area contributed by atoms with Crippen molar-refractivity contribution in [2.45, 2.75) is 45.1 Å². The van der Waals surface area contributed by atoms with Crippen LogP contribution in [0.5, 0.6) is 0 Å². The molecule has 0 radical (unpaired) electrons. The number of carboxylic acid groups (broad SMARTS) is 1. The number of carbonyl (C=O) groups is 2. The summed E-state index contributed by atoms with van der Waals surface area (Å²) >= 11 is 0. The van der Waals surface area contributed by atoms with Gasteiger partial charge in [-0.3, -0.25) is 4.79 Å². The Hall–Kier alpha value is -2.88. The topological polar surface area (TPSA) is 66.4 Å². The highest BCUT2D eigenvalue weighted by Crippen LogP contribution is 2.28. The van der Waals surface area contributed by atoms with Crippen molar-refractivity contribution in [3.05, 3.63) is 60.2 Å². The smallest absolute Gasteiger partial charge is 0.326 e. The Bertz CT molecular complexity index is 910. The van der Waals surface area contributed by atoms with Crippen LogP contribution in [-0.4, -0.2) is 23.0 Å². The summed E-state index contributed by atoms with van der Waals surface area (Å²) < 4.78 is 0. The second-order valence-corrected chi connectivity index (χ2v) is 6.91. The van der Waals surface area contributed by atoms with Crippen molar-refractivity contribution in [3.63, 3.8) is 0 Å². The van der Waals surface area contributed by atoms with E-state index in [1.54, 1.807) is 0 Å². The molecule has 3 rings (SSSR count). The maximum absolute atomic E-state index is 13.1. The first-order valence-corrected chi connectivity index (χ1v) is 9.56. The van der Waals surface area contributed by atoms with E-state index < -0.39 is 12.0 Å². The lowest BCUT2D eigenvalue weighted by Gasteiger charge is -2.17. The Kier molecular flexibility index (Phi) is 6.07. The number of rotatable bonds is 8. The van der Waals surface area contributed by atoms with Crippen LogP contribution in [0.4, 0.5) is 0 Å². The number of hydrogen-bond acceptors (Lipinski definition) is 2. The maximum atomic E-state index is 13.1. The van der Waals surface area contributed by atoms with E-state index in [4.69, 9.17) is 0 Å². The molecule has 3 aromatic carbocycles. The minimum Gasteiger partial charge on any atom is -0.480 e. The van der Waals surface area contributed by atoms with Gasteiger partial charge in [0.1, 0.15) is 6.04 Å². The molecule has 0 fully saturated rings. The number of nitrogens with one attached hydrogen (secondary N) is 1. The lowest BCUT2D eigenvalue weighted by molar-refractivity contribution is -0.139. The van der Waals surface area contributed by atoms with Crippen LogP contribution in [0, 0.1) is 0 Å². The van der Waals surface area contributed by atoms with Crippen molar-refractivity contribution in [1.82, 2.24) is 5.32 Å². The van der Waals surface area contributed by atoms with E-state index >= 15 is 0 Å². The summed E-state index contributed by atoms with van der Waals surface area (Å²) in [6.45, 7) is 2.11. The van der Waals surface area contributed by atoms with Gasteiger partial charge in [-0.25, -0.2) is 4.79 Å². The van der Waals surface area contributed by atoms with Crippen molar-refractivity contribution >= 4 is 33.4 Å². The van der Waals surface area contributed by atoms with Gasteiger partial charge in [0.25, 0.3) is 5.91 Å². The Morgan fingerprint density at radius 2 is 1.52 bits per heavy atom. The lowest BCUT2D eigenvalue weighted by Crippen LogP contribution is -2.40. The van der Waals surface area contributed by atoms with Gasteiger partial charge in [0, 0.05) is 0 Å². The van der Waals surface area contributed by atoms with E-state index in [2.05, 4.69) is 18.3 Å². The molecule has 1 amide bonds. The lowest BCUT2D eigenvalue weighted by atomic mass is 9.96. The van der Waals surface area contributed by atoms with Crippen molar-refractivity contribution in [2.75, 3.05) is 0 Å². The largest absolute Gasteiger partial charge is 0.480 e. The highest BCUT2D eigenvalue weighted by atomic mass is 16.4. The Balaban J connectivity index is 1.94. The number of carbonyl (C=O) groups excluding carboxylic acids is 1. The Morgan fingerprint density at radius 3 is 2.07 bits per heavy atom. The molecule has 0 aliphatic carbocycles. The van der Waals surface area contributed by atoms with Crippen molar-refractivity contribution in [3.8, 4) is 0 Å². The zero-order valence-corrected chi connectivity index (χ0v) is 15.6. The number of hydrogen-bond donors (Lipinski definition) is 2. The summed E-state index contributed by atoms with van der Waals surface area (Å²) in [5.74, 6) is -1.31. The van der Waals surface area contributed by atoms with Crippen LogP contribution in [0.25, 0.3) is 21.5 Å². The van der Waals surface area contributed by atoms with Gasteiger partial charge in [-0.2, -0.15) is 0 Å². The highest BCUT2D eigenvalue weighted by Gasteiger charge is 2.22. The second kappa shape index (κ2) is 8.67. The Morgan fingerprint density at radius 1 is 0.926 bits per heavy atom. The third-order valence-electron chi connectivity index (χ3n) is 4.95. The van der Waals surface area contributed by atoms with E-state index in [-0.39, 0.29) is 5.91 Å². The fourth-order valence-electron chi connectivity index (χ4n) is 3.52. The van der Waals surface area contributed by atoms with Gasteiger partial charge < -0.3 is 10.4 Å². The fourth-order valence-corrected chi connectivity index (χ4v) is 3.52. The van der Waals surface area contributed by atoms with Gasteiger partial charge in [0.2, 0.25) is 0 Å². The van der Waals surface area contributed by atoms with Crippen molar-refractivity contribution in [2.24, 2.45) is 0 Å². The molecular formula is C23H25NO3. The van der Waals surface area contributed by atoms with Gasteiger partial charge in [-0.15, -0.1) is 0 Å². The van der Waals surface area contributed by atoms with Gasteiger partial charge >= 0.3 is 5.97 Å². The quantitative estimate of drug-likeness (QED) is 0.430. The predicted octanol–water partition coefficient (Wildman–Crippen LogP) is 5.15.